The zero-order valence-corrected chi connectivity index (χ0v) is 6.28. The summed E-state index contributed by atoms with van der Waals surface area (Å²) in [5, 5.41) is 17.0. The molecule has 0 atom stereocenters. The summed E-state index contributed by atoms with van der Waals surface area (Å²) in [5.41, 5.74) is 1.000. The van der Waals surface area contributed by atoms with Crippen molar-refractivity contribution < 1.29 is 0 Å². The van der Waals surface area contributed by atoms with E-state index in [9.17, 15) is 0 Å². The Bertz CT molecular complexity index is 363. The van der Waals surface area contributed by atoms with Gasteiger partial charge in [-0.25, -0.2) is 0 Å². The van der Waals surface area contributed by atoms with Crippen LogP contribution in [0.25, 0.3) is 5.57 Å². The Hall–Kier alpha value is -2.06. The highest BCUT2D eigenvalue weighted by atomic mass is 14.3. The third-order valence-corrected chi connectivity index (χ3v) is 1.33. The molecule has 1 radical (unpaired) electrons. The van der Waals surface area contributed by atoms with Gasteiger partial charge in [0.25, 0.3) is 0 Å². The molecule has 12 heavy (non-hydrogen) atoms. The first-order valence-electron chi connectivity index (χ1n) is 3.35. The maximum atomic E-state index is 8.62. The van der Waals surface area contributed by atoms with Crippen molar-refractivity contribution >= 4 is 5.57 Å². The summed E-state index contributed by atoms with van der Waals surface area (Å²) in [4.78, 5) is 0. The highest BCUT2D eigenvalue weighted by molar-refractivity contribution is 5.77. The minimum Gasteiger partial charge on any atom is -0.193 e. The topological polar surface area (TPSA) is 47.6 Å². The van der Waals surface area contributed by atoms with E-state index in [4.69, 9.17) is 10.5 Å². The van der Waals surface area contributed by atoms with Crippen LogP contribution in [-0.4, -0.2) is 0 Å². The van der Waals surface area contributed by atoms with Crippen molar-refractivity contribution in [3.8, 4) is 12.1 Å². The molecule has 2 nitrogen and oxygen atoms in total. The van der Waals surface area contributed by atoms with Crippen LogP contribution in [0.1, 0.15) is 5.56 Å². The van der Waals surface area contributed by atoms with E-state index in [1.807, 2.05) is 18.2 Å². The van der Waals surface area contributed by atoms with Gasteiger partial charge in [0.1, 0.15) is 6.07 Å². The van der Waals surface area contributed by atoms with Crippen LogP contribution >= 0.6 is 0 Å². The lowest BCUT2D eigenvalue weighted by Gasteiger charge is -1.92. The van der Waals surface area contributed by atoms with Gasteiger partial charge in [-0.3, -0.25) is 0 Å². The molecule has 0 aliphatic carbocycles. The number of allylic oxidation sites excluding steroid dienone is 2. The molecule has 0 saturated carbocycles. The number of nitrogens with zero attached hydrogens (tertiary/aromatic N) is 2. The maximum Gasteiger partial charge on any atom is 0.101 e. The van der Waals surface area contributed by atoms with Crippen molar-refractivity contribution in [1.82, 2.24) is 0 Å². The first kappa shape index (κ1) is 8.04. The van der Waals surface area contributed by atoms with Crippen LogP contribution in [0.3, 0.4) is 0 Å². The lowest BCUT2D eigenvalue weighted by atomic mass is 10.1. The van der Waals surface area contributed by atoms with E-state index >= 15 is 0 Å². The van der Waals surface area contributed by atoms with E-state index < -0.39 is 0 Å². The summed E-state index contributed by atoms with van der Waals surface area (Å²) in [6.07, 6.45) is 1.21. The fourth-order valence-corrected chi connectivity index (χ4v) is 0.796. The van der Waals surface area contributed by atoms with Gasteiger partial charge in [-0.15, -0.1) is 0 Å². The average molecular weight is 153 g/mol. The lowest BCUT2D eigenvalue weighted by Crippen LogP contribution is -1.79. The third kappa shape index (κ3) is 1.71. The monoisotopic (exact) mass is 153 g/mol. The molecule has 0 N–H and O–H groups in total. The van der Waals surface area contributed by atoms with Crippen molar-refractivity contribution in [2.24, 2.45) is 0 Å². The molecular weight excluding hydrogens is 148 g/mol. The predicted molar refractivity (Wildman–Crippen MR) is 44.5 cm³/mol. The normalized spacial score (nSPS) is 10.0. The quantitative estimate of drug-likeness (QED) is 0.578. The Balaban J connectivity index is 3.09. The molecule has 0 aliphatic heterocycles. The summed E-state index contributed by atoms with van der Waals surface area (Å²) >= 11 is 0. The lowest BCUT2D eigenvalue weighted by molar-refractivity contribution is 1.50. The van der Waals surface area contributed by atoms with E-state index in [0.29, 0.717) is 11.1 Å². The van der Waals surface area contributed by atoms with Crippen LogP contribution in [0, 0.1) is 28.7 Å². The molecule has 0 saturated heterocycles. The maximum absolute atomic E-state index is 8.62. The molecular formula is C10H5N2. The second kappa shape index (κ2) is 3.95. The molecule has 0 aromatic heterocycles. The van der Waals surface area contributed by atoms with E-state index in [0.717, 1.165) is 0 Å². The molecule has 0 aliphatic rings. The average Bonchev–Trinajstić information content (AvgIpc) is 2.15. The van der Waals surface area contributed by atoms with Crippen molar-refractivity contribution in [2.75, 3.05) is 0 Å². The summed E-state index contributed by atoms with van der Waals surface area (Å²) in [6, 6.07) is 13.7. The van der Waals surface area contributed by atoms with Gasteiger partial charge in [0.15, 0.2) is 0 Å². The molecule has 0 amide bonds. The van der Waals surface area contributed by atoms with Crippen LogP contribution in [-0.2, 0) is 0 Å². The molecule has 0 spiro atoms. The minimum atomic E-state index is 0.345. The zero-order chi connectivity index (χ0) is 8.81. The number of rotatable bonds is 1. The number of hydrogen-bond acceptors (Lipinski definition) is 2. The van der Waals surface area contributed by atoms with E-state index in [2.05, 4.69) is 6.07 Å². The molecule has 0 fully saturated rings. The standard InChI is InChI=1S/C10H5N2/c11-7-6-10(8-12)9-4-2-1-3-5-9/h1-4,6H. The summed E-state index contributed by atoms with van der Waals surface area (Å²) < 4.78 is 0. The van der Waals surface area contributed by atoms with Gasteiger partial charge in [-0.2, -0.15) is 10.5 Å². The van der Waals surface area contributed by atoms with Crippen LogP contribution in [0.15, 0.2) is 30.3 Å². The first-order valence-corrected chi connectivity index (χ1v) is 3.35. The minimum absolute atomic E-state index is 0.345. The summed E-state index contributed by atoms with van der Waals surface area (Å²) in [5.74, 6) is 0. The smallest absolute Gasteiger partial charge is 0.101 e. The molecule has 2 heteroatoms. The SMILES string of the molecule is N#CC=C(C#N)c1[c]cccc1. The Kier molecular flexibility index (Phi) is 2.65. The predicted octanol–water partition coefficient (Wildman–Crippen LogP) is 1.92. The fourth-order valence-electron chi connectivity index (χ4n) is 0.796. The molecule has 1 rings (SSSR count). The van der Waals surface area contributed by atoms with Crippen molar-refractivity contribution in [3.63, 3.8) is 0 Å². The molecule has 0 heterocycles. The highest BCUT2D eigenvalue weighted by Gasteiger charge is 1.97. The Labute approximate surface area is 71.0 Å². The summed E-state index contributed by atoms with van der Waals surface area (Å²) in [6.45, 7) is 0. The summed E-state index contributed by atoms with van der Waals surface area (Å²) in [7, 11) is 0. The molecule has 0 bridgehead atoms. The van der Waals surface area contributed by atoms with Crippen LogP contribution in [0.2, 0.25) is 0 Å². The van der Waals surface area contributed by atoms with Crippen LogP contribution < -0.4 is 0 Å². The second-order valence-corrected chi connectivity index (χ2v) is 2.08. The highest BCUT2D eigenvalue weighted by Crippen LogP contribution is 2.10. The van der Waals surface area contributed by atoms with Crippen LogP contribution in [0.5, 0.6) is 0 Å². The van der Waals surface area contributed by atoms with Crippen molar-refractivity contribution in [2.45, 2.75) is 0 Å². The fraction of sp³-hybridized carbons (Fsp3) is 0. The number of hydrogen-bond donors (Lipinski definition) is 0. The number of benzene rings is 1. The van der Waals surface area contributed by atoms with Gasteiger partial charge in [-0.1, -0.05) is 24.3 Å². The van der Waals surface area contributed by atoms with Gasteiger partial charge in [0.05, 0.1) is 11.6 Å². The van der Waals surface area contributed by atoms with Crippen molar-refractivity contribution in [3.05, 3.63) is 42.0 Å². The van der Waals surface area contributed by atoms with E-state index in [-0.39, 0.29) is 0 Å². The molecule has 0 unspecified atom stereocenters. The van der Waals surface area contributed by atoms with Gasteiger partial charge in [-0.05, 0) is 6.07 Å². The number of nitriles is 2. The Morgan fingerprint density at radius 1 is 1.42 bits per heavy atom. The Morgan fingerprint density at radius 3 is 2.75 bits per heavy atom. The second-order valence-electron chi connectivity index (χ2n) is 2.08. The van der Waals surface area contributed by atoms with Crippen molar-refractivity contribution in [1.29, 1.82) is 10.5 Å². The van der Waals surface area contributed by atoms with E-state index in [1.165, 1.54) is 6.08 Å². The molecule has 1 aromatic rings. The Morgan fingerprint density at radius 2 is 2.25 bits per heavy atom. The zero-order valence-electron chi connectivity index (χ0n) is 6.28. The van der Waals surface area contributed by atoms with Gasteiger partial charge in [0, 0.05) is 11.6 Å². The third-order valence-electron chi connectivity index (χ3n) is 1.33. The van der Waals surface area contributed by atoms with Gasteiger partial charge < -0.3 is 0 Å². The van der Waals surface area contributed by atoms with Gasteiger partial charge >= 0.3 is 0 Å². The van der Waals surface area contributed by atoms with Crippen LogP contribution in [0.4, 0.5) is 0 Å². The largest absolute Gasteiger partial charge is 0.193 e. The first-order chi connectivity index (χ1) is 5.88. The van der Waals surface area contributed by atoms with E-state index in [1.54, 1.807) is 18.2 Å². The molecule has 1 aromatic carbocycles. The molecule has 55 valence electrons. The van der Waals surface area contributed by atoms with Gasteiger partial charge in [0.2, 0.25) is 0 Å².